The molecule has 1 heterocycles. The first kappa shape index (κ1) is 14.4. The molecule has 4 rings (SSSR count). The second-order valence-electron chi connectivity index (χ2n) is 5.50. The fourth-order valence-electron chi connectivity index (χ4n) is 2.66. The Morgan fingerprint density at radius 2 is 1.32 bits per heavy atom. The molecule has 0 spiro atoms. The Morgan fingerprint density at radius 1 is 0.682 bits per heavy atom. The van der Waals surface area contributed by atoms with Gasteiger partial charge < -0.3 is 4.98 Å². The van der Waals surface area contributed by atoms with E-state index >= 15 is 0 Å². The van der Waals surface area contributed by atoms with Crippen LogP contribution in [0.1, 0.15) is 21.7 Å². The number of rotatable bonds is 1. The van der Waals surface area contributed by atoms with Crippen molar-refractivity contribution in [3.05, 3.63) is 72.8 Å². The van der Waals surface area contributed by atoms with Gasteiger partial charge in [-0.05, 0) is 29.3 Å². The highest BCUT2D eigenvalue weighted by Gasteiger charge is 2.05. The number of hydrogen-bond donors (Lipinski definition) is 1. The van der Waals surface area contributed by atoms with Gasteiger partial charge in [-0.15, -0.1) is 0 Å². The van der Waals surface area contributed by atoms with Crippen LogP contribution in [-0.4, -0.2) is 4.98 Å². The smallest absolute Gasteiger partial charge is 0.0465 e. The van der Waals surface area contributed by atoms with Gasteiger partial charge in [0, 0.05) is 23.2 Å². The topological polar surface area (TPSA) is 15.8 Å². The van der Waals surface area contributed by atoms with Gasteiger partial charge in [-0.1, -0.05) is 74.9 Å². The first-order chi connectivity index (χ1) is 10.8. The molecule has 112 valence electrons. The Kier molecular flexibility index (Phi) is 4.24. The van der Waals surface area contributed by atoms with Gasteiger partial charge in [-0.25, -0.2) is 0 Å². The number of H-pyrrole nitrogens is 1. The third kappa shape index (κ3) is 2.75. The van der Waals surface area contributed by atoms with E-state index in [2.05, 4.69) is 85.6 Å². The largest absolute Gasteiger partial charge is 0.355 e. The quantitative estimate of drug-likeness (QED) is 0.403. The number of fused-ring (bicyclic) bond motifs is 3. The minimum Gasteiger partial charge on any atom is -0.355 e. The van der Waals surface area contributed by atoms with Crippen LogP contribution in [0.2, 0.25) is 0 Å². The zero-order chi connectivity index (χ0) is 15.4. The van der Waals surface area contributed by atoms with Crippen LogP contribution in [0.25, 0.3) is 32.9 Å². The fourth-order valence-corrected chi connectivity index (χ4v) is 2.66. The zero-order valence-electron chi connectivity index (χ0n) is 13.1. The van der Waals surface area contributed by atoms with Crippen molar-refractivity contribution in [1.29, 1.82) is 0 Å². The highest BCUT2D eigenvalue weighted by Crippen LogP contribution is 2.29. The summed E-state index contributed by atoms with van der Waals surface area (Å²) in [6, 6.07) is 25.6. The molecular formula is C21H23N. The predicted molar refractivity (Wildman–Crippen MR) is 99.3 cm³/mol. The molecule has 0 bridgehead atoms. The molecule has 0 saturated heterocycles. The third-order valence-corrected chi connectivity index (χ3v) is 3.61. The number of hydrogen-bond acceptors (Lipinski definition) is 0. The van der Waals surface area contributed by atoms with Gasteiger partial charge in [0.05, 0.1) is 0 Å². The van der Waals surface area contributed by atoms with Crippen molar-refractivity contribution in [3.8, 4) is 11.1 Å². The minimum atomic E-state index is 0. The maximum Gasteiger partial charge on any atom is 0.0465 e. The maximum absolute atomic E-state index is 3.46. The van der Waals surface area contributed by atoms with Gasteiger partial charge in [-0.3, -0.25) is 0 Å². The summed E-state index contributed by atoms with van der Waals surface area (Å²) < 4.78 is 0. The maximum atomic E-state index is 3.46. The lowest BCUT2D eigenvalue weighted by atomic mass is 10.0. The van der Waals surface area contributed by atoms with E-state index in [1.54, 1.807) is 0 Å². The van der Waals surface area contributed by atoms with Gasteiger partial charge in [-0.2, -0.15) is 0 Å². The van der Waals surface area contributed by atoms with Crippen molar-refractivity contribution in [3.63, 3.8) is 0 Å². The zero-order valence-corrected chi connectivity index (χ0v) is 13.1. The molecule has 1 aromatic heterocycles. The minimum absolute atomic E-state index is 0. The average molecular weight is 289 g/mol. The summed E-state index contributed by atoms with van der Waals surface area (Å²) >= 11 is 0. The van der Waals surface area contributed by atoms with E-state index in [4.69, 9.17) is 0 Å². The average Bonchev–Trinajstić information content (AvgIpc) is 2.94. The van der Waals surface area contributed by atoms with Crippen molar-refractivity contribution in [2.24, 2.45) is 0 Å². The van der Waals surface area contributed by atoms with Gasteiger partial charge in [0.25, 0.3) is 0 Å². The molecule has 0 radical (unpaired) electrons. The predicted octanol–water partition coefficient (Wildman–Crippen LogP) is 6.65. The number of benzene rings is 3. The van der Waals surface area contributed by atoms with Crippen LogP contribution in [0, 0.1) is 0 Å². The molecule has 0 amide bonds. The first-order valence-corrected chi connectivity index (χ1v) is 7.89. The number of nitrogens with one attached hydrogen (secondary N) is 1. The van der Waals surface area contributed by atoms with Crippen LogP contribution in [0.5, 0.6) is 0 Å². The monoisotopic (exact) mass is 289 g/mol. The SMILES string of the molecule is CCC.[HH].c1ccc(-c2ccc3[nH]c4ccccc4c3c2)cc1. The van der Waals surface area contributed by atoms with E-state index in [-0.39, 0.29) is 1.43 Å². The Hall–Kier alpha value is -2.54. The standard InChI is InChI=1S/C18H13N.C3H8.H2/c1-2-6-13(7-3-1)14-10-11-18-16(12-14)15-8-4-5-9-17(15)19-18;1-3-2;/h1-12,19H;3H2,1-2H3;1H. The summed E-state index contributed by atoms with van der Waals surface area (Å²) in [6.45, 7) is 4.25. The Balaban J connectivity index is 0.000000448. The summed E-state index contributed by atoms with van der Waals surface area (Å²) in [5.74, 6) is 0. The second-order valence-corrected chi connectivity index (χ2v) is 5.50. The summed E-state index contributed by atoms with van der Waals surface area (Å²) in [5, 5.41) is 2.58. The lowest BCUT2D eigenvalue weighted by Gasteiger charge is -2.01. The normalized spacial score (nSPS) is 10.5. The molecule has 0 atom stereocenters. The molecule has 1 N–H and O–H groups in total. The van der Waals surface area contributed by atoms with E-state index < -0.39 is 0 Å². The van der Waals surface area contributed by atoms with E-state index in [0.717, 1.165) is 0 Å². The Morgan fingerprint density at radius 3 is 2.09 bits per heavy atom. The number of aromatic amines is 1. The Labute approximate surface area is 133 Å². The van der Waals surface area contributed by atoms with E-state index in [1.165, 1.54) is 39.4 Å². The molecule has 0 aliphatic carbocycles. The number of para-hydroxylation sites is 1. The van der Waals surface area contributed by atoms with Crippen LogP contribution in [0.15, 0.2) is 72.8 Å². The van der Waals surface area contributed by atoms with Crippen LogP contribution >= 0.6 is 0 Å². The molecule has 0 unspecified atom stereocenters. The van der Waals surface area contributed by atoms with Crippen LogP contribution in [-0.2, 0) is 0 Å². The highest BCUT2D eigenvalue weighted by atomic mass is 14.7. The summed E-state index contributed by atoms with van der Waals surface area (Å²) in [7, 11) is 0. The van der Waals surface area contributed by atoms with Gasteiger partial charge in [0.15, 0.2) is 0 Å². The molecule has 0 saturated carbocycles. The molecule has 0 aliphatic heterocycles. The van der Waals surface area contributed by atoms with Crippen molar-refractivity contribution >= 4 is 21.8 Å². The van der Waals surface area contributed by atoms with E-state index in [1.807, 2.05) is 6.07 Å². The van der Waals surface area contributed by atoms with Crippen molar-refractivity contribution < 1.29 is 1.43 Å². The second kappa shape index (κ2) is 6.48. The third-order valence-electron chi connectivity index (χ3n) is 3.61. The van der Waals surface area contributed by atoms with Gasteiger partial charge in [0.1, 0.15) is 0 Å². The lowest BCUT2D eigenvalue weighted by molar-refractivity contribution is 1.09. The Bertz CT molecular complexity index is 878. The van der Waals surface area contributed by atoms with Crippen molar-refractivity contribution in [1.82, 2.24) is 4.98 Å². The van der Waals surface area contributed by atoms with Gasteiger partial charge in [0.2, 0.25) is 0 Å². The molecule has 0 aliphatic rings. The van der Waals surface area contributed by atoms with Crippen molar-refractivity contribution in [2.75, 3.05) is 0 Å². The van der Waals surface area contributed by atoms with Crippen molar-refractivity contribution in [2.45, 2.75) is 20.3 Å². The molecule has 1 nitrogen and oxygen atoms in total. The van der Waals surface area contributed by atoms with E-state index in [9.17, 15) is 0 Å². The molecular weight excluding hydrogens is 266 g/mol. The first-order valence-electron chi connectivity index (χ1n) is 7.89. The molecule has 0 fully saturated rings. The van der Waals surface area contributed by atoms with Crippen LogP contribution in [0.4, 0.5) is 0 Å². The molecule has 22 heavy (non-hydrogen) atoms. The van der Waals surface area contributed by atoms with Crippen LogP contribution in [0.3, 0.4) is 0 Å². The number of aromatic nitrogens is 1. The summed E-state index contributed by atoms with van der Waals surface area (Å²) in [5.41, 5.74) is 4.91. The summed E-state index contributed by atoms with van der Waals surface area (Å²) in [4.78, 5) is 3.46. The van der Waals surface area contributed by atoms with E-state index in [0.29, 0.717) is 0 Å². The lowest BCUT2D eigenvalue weighted by Crippen LogP contribution is -1.76. The van der Waals surface area contributed by atoms with Crippen LogP contribution < -0.4 is 0 Å². The highest BCUT2D eigenvalue weighted by molar-refractivity contribution is 6.08. The molecule has 3 aromatic carbocycles. The van der Waals surface area contributed by atoms with Gasteiger partial charge >= 0.3 is 0 Å². The molecule has 1 heteroatoms. The molecule has 4 aromatic rings. The summed E-state index contributed by atoms with van der Waals surface area (Å²) in [6.07, 6.45) is 1.25. The fraction of sp³-hybridized carbons (Fsp3) is 0.143.